The second-order valence-corrected chi connectivity index (χ2v) is 9.34. The van der Waals surface area contributed by atoms with Crippen molar-refractivity contribution in [2.24, 2.45) is 17.8 Å². The molecular formula is C26H38N2O9. The minimum absolute atomic E-state index is 0.0285. The van der Waals surface area contributed by atoms with Crippen LogP contribution in [0.5, 0.6) is 11.5 Å². The summed E-state index contributed by atoms with van der Waals surface area (Å²) in [6.45, 7) is 4.42. The first-order chi connectivity index (χ1) is 17.7. The van der Waals surface area contributed by atoms with Crippen LogP contribution < -0.4 is 10.1 Å². The average Bonchev–Trinajstić information content (AvgIpc) is 2.89. The Bertz CT molecular complexity index is 929. The van der Waals surface area contributed by atoms with Crippen LogP contribution in [0, 0.1) is 17.8 Å². The summed E-state index contributed by atoms with van der Waals surface area (Å²) in [4.78, 5) is 54.1. The predicted octanol–water partition coefficient (Wildman–Crippen LogP) is 2.79. The lowest BCUT2D eigenvalue weighted by Crippen LogP contribution is -2.46. The SMILES string of the molecule is CCOC(=O)C(COC(=O)C(COC(=O)C(C)C)CC1CCCCC1)NC(=O)c1nccc(OC)c1O. The number of hydrogen-bond donors (Lipinski definition) is 2. The van der Waals surface area contributed by atoms with Crippen molar-refractivity contribution in [1.82, 2.24) is 10.3 Å². The summed E-state index contributed by atoms with van der Waals surface area (Å²) < 4.78 is 20.8. The van der Waals surface area contributed by atoms with Crippen molar-refractivity contribution >= 4 is 23.8 Å². The highest BCUT2D eigenvalue weighted by Gasteiger charge is 2.31. The van der Waals surface area contributed by atoms with Gasteiger partial charge in [0.2, 0.25) is 0 Å². The molecule has 1 aromatic heterocycles. The number of esters is 3. The summed E-state index contributed by atoms with van der Waals surface area (Å²) in [6.07, 6.45) is 7.07. The van der Waals surface area contributed by atoms with Gasteiger partial charge in [-0.3, -0.25) is 14.4 Å². The van der Waals surface area contributed by atoms with E-state index < -0.39 is 48.1 Å². The molecule has 1 fully saturated rings. The van der Waals surface area contributed by atoms with Crippen LogP contribution >= 0.6 is 0 Å². The third-order valence-corrected chi connectivity index (χ3v) is 6.17. The lowest BCUT2D eigenvalue weighted by atomic mass is 9.83. The highest BCUT2D eigenvalue weighted by Crippen LogP contribution is 2.30. The van der Waals surface area contributed by atoms with Gasteiger partial charge in [0, 0.05) is 12.3 Å². The van der Waals surface area contributed by atoms with Gasteiger partial charge in [-0.05, 0) is 19.3 Å². The molecule has 1 amide bonds. The molecule has 1 aliphatic carbocycles. The molecule has 11 nitrogen and oxygen atoms in total. The van der Waals surface area contributed by atoms with E-state index >= 15 is 0 Å². The van der Waals surface area contributed by atoms with E-state index in [0.717, 1.165) is 32.1 Å². The van der Waals surface area contributed by atoms with Crippen LogP contribution in [-0.2, 0) is 28.6 Å². The normalized spacial score (nSPS) is 15.4. The molecule has 11 heteroatoms. The first-order valence-electron chi connectivity index (χ1n) is 12.7. The molecule has 0 bridgehead atoms. The molecule has 37 heavy (non-hydrogen) atoms. The summed E-state index contributed by atoms with van der Waals surface area (Å²) in [6, 6.07) is 0.0206. The van der Waals surface area contributed by atoms with Gasteiger partial charge in [-0.25, -0.2) is 9.78 Å². The minimum Gasteiger partial charge on any atom is -0.503 e. The second kappa shape index (κ2) is 15.0. The van der Waals surface area contributed by atoms with Gasteiger partial charge in [0.15, 0.2) is 23.2 Å². The molecule has 206 valence electrons. The van der Waals surface area contributed by atoms with E-state index in [9.17, 15) is 24.3 Å². The number of ether oxygens (including phenoxy) is 4. The Morgan fingerprint density at radius 2 is 1.70 bits per heavy atom. The summed E-state index contributed by atoms with van der Waals surface area (Å²) in [5, 5.41) is 12.6. The maximum atomic E-state index is 13.0. The van der Waals surface area contributed by atoms with Crippen molar-refractivity contribution in [3.8, 4) is 11.5 Å². The number of hydrogen-bond acceptors (Lipinski definition) is 10. The number of carbonyl (C=O) groups excluding carboxylic acids is 4. The molecule has 1 heterocycles. The second-order valence-electron chi connectivity index (χ2n) is 9.34. The minimum atomic E-state index is -1.35. The fourth-order valence-electron chi connectivity index (χ4n) is 4.10. The van der Waals surface area contributed by atoms with E-state index in [4.69, 9.17) is 18.9 Å². The van der Waals surface area contributed by atoms with E-state index in [1.807, 2.05) is 0 Å². The lowest BCUT2D eigenvalue weighted by Gasteiger charge is -2.26. The Kier molecular flexibility index (Phi) is 12.1. The summed E-state index contributed by atoms with van der Waals surface area (Å²) in [5.74, 6) is -3.94. The van der Waals surface area contributed by atoms with E-state index in [1.165, 1.54) is 19.4 Å². The Morgan fingerprint density at radius 1 is 1.03 bits per heavy atom. The molecule has 2 unspecified atom stereocenters. The third kappa shape index (κ3) is 9.22. The quantitative estimate of drug-likeness (QED) is 0.292. The molecule has 2 N–H and O–H groups in total. The number of rotatable bonds is 13. The predicted molar refractivity (Wildman–Crippen MR) is 132 cm³/mol. The van der Waals surface area contributed by atoms with Crippen LogP contribution in [0.1, 0.15) is 69.8 Å². The fraction of sp³-hybridized carbons (Fsp3) is 0.654. The highest BCUT2D eigenvalue weighted by molar-refractivity contribution is 5.98. The number of methoxy groups -OCH3 is 1. The van der Waals surface area contributed by atoms with Crippen LogP contribution in [0.2, 0.25) is 0 Å². The number of aromatic hydroxyl groups is 1. The van der Waals surface area contributed by atoms with Crippen molar-refractivity contribution in [2.75, 3.05) is 26.9 Å². The van der Waals surface area contributed by atoms with Crippen LogP contribution in [-0.4, -0.2) is 66.9 Å². The monoisotopic (exact) mass is 522 g/mol. The van der Waals surface area contributed by atoms with Crippen molar-refractivity contribution < 1.29 is 43.2 Å². The number of carbonyl (C=O) groups is 4. The number of nitrogens with one attached hydrogen (secondary N) is 1. The van der Waals surface area contributed by atoms with E-state index in [0.29, 0.717) is 12.3 Å². The Morgan fingerprint density at radius 3 is 2.32 bits per heavy atom. The molecule has 0 aromatic carbocycles. The van der Waals surface area contributed by atoms with Crippen LogP contribution in [0.15, 0.2) is 12.3 Å². The Balaban J connectivity index is 2.10. The van der Waals surface area contributed by atoms with Crippen LogP contribution in [0.25, 0.3) is 0 Å². The van der Waals surface area contributed by atoms with Crippen molar-refractivity contribution in [3.05, 3.63) is 18.0 Å². The molecule has 0 radical (unpaired) electrons. The molecule has 0 spiro atoms. The molecular weight excluding hydrogens is 484 g/mol. The lowest BCUT2D eigenvalue weighted by molar-refractivity contribution is -0.159. The van der Waals surface area contributed by atoms with Crippen molar-refractivity contribution in [2.45, 2.75) is 65.3 Å². The van der Waals surface area contributed by atoms with E-state index in [-0.39, 0.29) is 30.6 Å². The molecule has 1 aromatic rings. The van der Waals surface area contributed by atoms with Crippen molar-refractivity contribution in [1.29, 1.82) is 0 Å². The molecule has 1 saturated carbocycles. The van der Waals surface area contributed by atoms with E-state index in [2.05, 4.69) is 10.3 Å². The third-order valence-electron chi connectivity index (χ3n) is 6.17. The first kappa shape index (κ1) is 29.9. The summed E-state index contributed by atoms with van der Waals surface area (Å²) in [5.41, 5.74) is -0.365. The zero-order chi connectivity index (χ0) is 27.4. The maximum absolute atomic E-state index is 13.0. The zero-order valence-corrected chi connectivity index (χ0v) is 22.0. The van der Waals surface area contributed by atoms with Gasteiger partial charge < -0.3 is 29.4 Å². The van der Waals surface area contributed by atoms with Gasteiger partial charge >= 0.3 is 17.9 Å². The Hall–Kier alpha value is -3.37. The van der Waals surface area contributed by atoms with Gasteiger partial charge in [0.1, 0.15) is 13.2 Å². The van der Waals surface area contributed by atoms with Gasteiger partial charge in [-0.1, -0.05) is 46.0 Å². The number of amides is 1. The van der Waals surface area contributed by atoms with Gasteiger partial charge in [-0.15, -0.1) is 0 Å². The molecule has 1 aliphatic rings. The molecule has 0 aliphatic heterocycles. The highest BCUT2D eigenvalue weighted by atomic mass is 16.6. The average molecular weight is 523 g/mol. The number of nitrogens with zero attached hydrogens (tertiary/aromatic N) is 1. The smallest absolute Gasteiger partial charge is 0.332 e. The van der Waals surface area contributed by atoms with Crippen LogP contribution in [0.3, 0.4) is 0 Å². The summed E-state index contributed by atoms with van der Waals surface area (Å²) >= 11 is 0. The largest absolute Gasteiger partial charge is 0.503 e. The number of pyridine rings is 1. The van der Waals surface area contributed by atoms with Gasteiger partial charge in [0.25, 0.3) is 5.91 Å². The maximum Gasteiger partial charge on any atom is 0.332 e. The molecule has 2 rings (SSSR count). The molecule has 2 atom stereocenters. The summed E-state index contributed by atoms with van der Waals surface area (Å²) in [7, 11) is 1.32. The topological polar surface area (TPSA) is 150 Å². The fourth-order valence-corrected chi connectivity index (χ4v) is 4.10. The van der Waals surface area contributed by atoms with Gasteiger partial charge in [-0.2, -0.15) is 0 Å². The van der Waals surface area contributed by atoms with E-state index in [1.54, 1.807) is 20.8 Å². The molecule has 0 saturated heterocycles. The van der Waals surface area contributed by atoms with Crippen LogP contribution in [0.4, 0.5) is 0 Å². The first-order valence-corrected chi connectivity index (χ1v) is 12.7. The number of aromatic nitrogens is 1. The van der Waals surface area contributed by atoms with Gasteiger partial charge in [0.05, 0.1) is 25.6 Å². The zero-order valence-electron chi connectivity index (χ0n) is 22.0. The Labute approximate surface area is 217 Å². The standard InChI is InChI=1S/C26H38N2O9/c1-5-35-26(33)19(28-23(30)21-22(29)20(34-4)11-12-27-21)15-37-25(32)18(14-36-24(31)16(2)3)13-17-9-7-6-8-10-17/h11-12,16-19,29H,5-10,13-15H2,1-4H3,(H,28,30). The van der Waals surface area contributed by atoms with Crippen molar-refractivity contribution in [3.63, 3.8) is 0 Å².